The molecule has 0 aliphatic rings. The third kappa shape index (κ3) is 7.07. The Morgan fingerprint density at radius 1 is 1.24 bits per heavy atom. The number of ether oxygens (including phenoxy) is 2. The van der Waals surface area contributed by atoms with Crippen LogP contribution in [0.2, 0.25) is 0 Å². The van der Waals surface area contributed by atoms with Crippen LogP contribution < -0.4 is 10.1 Å². The summed E-state index contributed by atoms with van der Waals surface area (Å²) in [4.78, 5) is 12.8. The van der Waals surface area contributed by atoms with E-state index in [1.165, 1.54) is 0 Å². The summed E-state index contributed by atoms with van der Waals surface area (Å²) in [5.74, 6) is 1.26. The lowest BCUT2D eigenvalue weighted by Crippen LogP contribution is -2.43. The van der Waals surface area contributed by atoms with Crippen molar-refractivity contribution >= 4 is 11.6 Å². The summed E-state index contributed by atoms with van der Waals surface area (Å²) in [6, 6.07) is 5.76. The molecule has 0 aliphatic carbocycles. The van der Waals surface area contributed by atoms with Gasteiger partial charge in [0.05, 0.1) is 6.61 Å². The first-order chi connectivity index (χ1) is 11.8. The van der Waals surface area contributed by atoms with E-state index in [2.05, 4.69) is 33.0 Å². The van der Waals surface area contributed by atoms with Gasteiger partial charge in [-0.2, -0.15) is 0 Å². The quantitative estimate of drug-likeness (QED) is 0.586. The predicted molar refractivity (Wildman–Crippen MR) is 104 cm³/mol. The minimum Gasteiger partial charge on any atom is -0.493 e. The molecule has 0 aromatic heterocycles. The minimum absolute atomic E-state index is 0.0790. The summed E-state index contributed by atoms with van der Waals surface area (Å²) < 4.78 is 11.7. The number of nitrogens with one attached hydrogen (secondary N) is 1. The molecule has 1 unspecified atom stereocenters. The average Bonchev–Trinajstić information content (AvgIpc) is 2.57. The number of unbranched alkanes of at least 4 members (excludes halogenated alkanes) is 1. The standard InChI is InChI=1S/C21H35NO3/c1-7-9-12-21(6,25-13-8-2)20(23)22-18-10-11-19(17(5)14-18)24-15-16(3)4/h10-11,14,16H,7-9,12-13,15H2,1-6H3,(H,22,23). The van der Waals surface area contributed by atoms with Gasteiger partial charge in [0.2, 0.25) is 0 Å². The molecular weight excluding hydrogens is 314 g/mol. The molecule has 1 amide bonds. The molecule has 1 aromatic rings. The van der Waals surface area contributed by atoms with Gasteiger partial charge in [-0.3, -0.25) is 4.79 Å². The van der Waals surface area contributed by atoms with E-state index >= 15 is 0 Å². The summed E-state index contributed by atoms with van der Waals surface area (Å²) in [5.41, 5.74) is 1.01. The number of benzene rings is 1. The second-order valence-electron chi connectivity index (χ2n) is 7.32. The molecule has 0 saturated carbocycles. The normalized spacial score (nSPS) is 13.6. The monoisotopic (exact) mass is 349 g/mol. The van der Waals surface area contributed by atoms with E-state index in [1.54, 1.807) is 0 Å². The van der Waals surface area contributed by atoms with Crippen molar-refractivity contribution in [1.82, 2.24) is 0 Å². The van der Waals surface area contributed by atoms with Crippen molar-refractivity contribution in [3.05, 3.63) is 23.8 Å². The van der Waals surface area contributed by atoms with Gasteiger partial charge in [-0.1, -0.05) is 40.5 Å². The Morgan fingerprint density at radius 2 is 1.96 bits per heavy atom. The van der Waals surface area contributed by atoms with Crippen LogP contribution >= 0.6 is 0 Å². The number of carbonyl (C=O) groups excluding carboxylic acids is 1. The molecule has 0 saturated heterocycles. The van der Waals surface area contributed by atoms with Crippen molar-refractivity contribution < 1.29 is 14.3 Å². The van der Waals surface area contributed by atoms with Gasteiger partial charge in [-0.15, -0.1) is 0 Å². The first-order valence-corrected chi connectivity index (χ1v) is 9.51. The van der Waals surface area contributed by atoms with Crippen LogP contribution in [-0.2, 0) is 9.53 Å². The highest BCUT2D eigenvalue weighted by Crippen LogP contribution is 2.25. The van der Waals surface area contributed by atoms with E-state index in [9.17, 15) is 4.79 Å². The SMILES string of the molecule is CCCCC(C)(OCCC)C(=O)Nc1ccc(OCC(C)C)c(C)c1. The zero-order valence-electron chi connectivity index (χ0n) is 16.8. The van der Waals surface area contributed by atoms with Gasteiger partial charge >= 0.3 is 0 Å². The number of aryl methyl sites for hydroxylation is 1. The first kappa shape index (κ1) is 21.5. The largest absolute Gasteiger partial charge is 0.493 e. The highest BCUT2D eigenvalue weighted by atomic mass is 16.5. The Kier molecular flexibility index (Phi) is 8.98. The number of anilines is 1. The molecule has 4 heteroatoms. The molecule has 1 atom stereocenters. The van der Waals surface area contributed by atoms with Crippen LogP contribution in [-0.4, -0.2) is 24.7 Å². The van der Waals surface area contributed by atoms with Crippen molar-refractivity contribution in [3.8, 4) is 5.75 Å². The molecule has 0 radical (unpaired) electrons. The molecular formula is C21H35NO3. The summed E-state index contributed by atoms with van der Waals surface area (Å²) in [7, 11) is 0. The summed E-state index contributed by atoms with van der Waals surface area (Å²) >= 11 is 0. The van der Waals surface area contributed by atoms with Crippen LogP contribution in [0.3, 0.4) is 0 Å². The second-order valence-corrected chi connectivity index (χ2v) is 7.32. The molecule has 4 nitrogen and oxygen atoms in total. The molecule has 1 N–H and O–H groups in total. The van der Waals surface area contributed by atoms with E-state index in [0.29, 0.717) is 19.1 Å². The van der Waals surface area contributed by atoms with Crippen LogP contribution in [0.5, 0.6) is 5.75 Å². The Labute approximate surface area is 153 Å². The van der Waals surface area contributed by atoms with Gasteiger partial charge in [0.15, 0.2) is 0 Å². The number of carbonyl (C=O) groups is 1. The van der Waals surface area contributed by atoms with Gasteiger partial charge in [-0.25, -0.2) is 0 Å². The maximum atomic E-state index is 12.8. The van der Waals surface area contributed by atoms with Gasteiger partial charge in [0.1, 0.15) is 11.4 Å². The second kappa shape index (κ2) is 10.4. The molecule has 0 spiro atoms. The average molecular weight is 350 g/mol. The Hall–Kier alpha value is -1.55. The van der Waals surface area contributed by atoms with E-state index in [4.69, 9.17) is 9.47 Å². The molecule has 1 rings (SSSR count). The number of amides is 1. The van der Waals surface area contributed by atoms with Crippen LogP contribution in [0.25, 0.3) is 0 Å². The third-order valence-corrected chi connectivity index (χ3v) is 4.12. The van der Waals surface area contributed by atoms with E-state index in [-0.39, 0.29) is 5.91 Å². The van der Waals surface area contributed by atoms with Gasteiger partial charge < -0.3 is 14.8 Å². The van der Waals surface area contributed by atoms with Crippen molar-refractivity contribution in [2.75, 3.05) is 18.5 Å². The Bertz CT molecular complexity index is 532. The molecule has 25 heavy (non-hydrogen) atoms. The lowest BCUT2D eigenvalue weighted by Gasteiger charge is -2.28. The number of hydrogen-bond acceptors (Lipinski definition) is 3. The lowest BCUT2D eigenvalue weighted by atomic mass is 9.97. The fraction of sp³-hybridized carbons (Fsp3) is 0.667. The van der Waals surface area contributed by atoms with Crippen LogP contribution in [0, 0.1) is 12.8 Å². The third-order valence-electron chi connectivity index (χ3n) is 4.12. The number of hydrogen-bond donors (Lipinski definition) is 1. The van der Waals surface area contributed by atoms with Crippen molar-refractivity contribution in [2.24, 2.45) is 5.92 Å². The fourth-order valence-electron chi connectivity index (χ4n) is 2.50. The molecule has 1 aromatic carbocycles. The van der Waals surface area contributed by atoms with Crippen LogP contribution in [0.4, 0.5) is 5.69 Å². The van der Waals surface area contributed by atoms with Crippen LogP contribution in [0.1, 0.15) is 65.9 Å². The summed E-state index contributed by atoms with van der Waals surface area (Å²) in [6.07, 6.45) is 3.63. The molecule has 0 fully saturated rings. The van der Waals surface area contributed by atoms with Crippen molar-refractivity contribution in [1.29, 1.82) is 0 Å². The summed E-state index contributed by atoms with van der Waals surface area (Å²) in [6.45, 7) is 13.6. The zero-order chi connectivity index (χ0) is 18.9. The minimum atomic E-state index is -0.785. The highest BCUT2D eigenvalue weighted by molar-refractivity contribution is 5.97. The highest BCUT2D eigenvalue weighted by Gasteiger charge is 2.33. The smallest absolute Gasteiger partial charge is 0.256 e. The first-order valence-electron chi connectivity index (χ1n) is 9.51. The predicted octanol–water partition coefficient (Wildman–Crippen LogP) is 5.34. The lowest BCUT2D eigenvalue weighted by molar-refractivity contribution is -0.140. The van der Waals surface area contributed by atoms with Crippen molar-refractivity contribution in [2.45, 2.75) is 72.8 Å². The van der Waals surface area contributed by atoms with Gasteiger partial charge in [-0.05, 0) is 56.4 Å². The maximum Gasteiger partial charge on any atom is 0.256 e. The van der Waals surface area contributed by atoms with Gasteiger partial charge in [0, 0.05) is 12.3 Å². The van der Waals surface area contributed by atoms with E-state index < -0.39 is 5.60 Å². The zero-order valence-corrected chi connectivity index (χ0v) is 16.8. The topological polar surface area (TPSA) is 47.6 Å². The van der Waals surface area contributed by atoms with Gasteiger partial charge in [0.25, 0.3) is 5.91 Å². The Morgan fingerprint density at radius 3 is 2.52 bits per heavy atom. The number of rotatable bonds is 11. The van der Waals surface area contributed by atoms with E-state index in [0.717, 1.165) is 42.7 Å². The van der Waals surface area contributed by atoms with Crippen LogP contribution in [0.15, 0.2) is 18.2 Å². The molecule has 0 heterocycles. The van der Waals surface area contributed by atoms with Crippen molar-refractivity contribution in [3.63, 3.8) is 0 Å². The molecule has 0 aliphatic heterocycles. The molecule has 0 bridgehead atoms. The van der Waals surface area contributed by atoms with E-state index in [1.807, 2.05) is 32.0 Å². The molecule has 142 valence electrons. The summed E-state index contributed by atoms with van der Waals surface area (Å²) in [5, 5.41) is 3.01. The fourth-order valence-corrected chi connectivity index (χ4v) is 2.50. The Balaban J connectivity index is 2.80. The maximum absolute atomic E-state index is 12.8.